The number of amides is 1. The Bertz CT molecular complexity index is 459. The van der Waals surface area contributed by atoms with Gasteiger partial charge in [-0.15, -0.1) is 0 Å². The third-order valence-corrected chi connectivity index (χ3v) is 3.83. The molecule has 2 atom stereocenters. The van der Waals surface area contributed by atoms with Gasteiger partial charge >= 0.3 is 0 Å². The molecule has 0 aromatic carbocycles. The lowest BCUT2D eigenvalue weighted by molar-refractivity contribution is 0.00731. The Balaban J connectivity index is 1.90. The summed E-state index contributed by atoms with van der Waals surface area (Å²) in [4.78, 5) is 12.0. The van der Waals surface area contributed by atoms with E-state index in [0.717, 1.165) is 25.2 Å². The van der Waals surface area contributed by atoms with Crippen molar-refractivity contribution in [1.29, 1.82) is 0 Å². The van der Waals surface area contributed by atoms with Crippen LogP contribution in [0.1, 0.15) is 50.4 Å². The van der Waals surface area contributed by atoms with Crippen LogP contribution in [0.25, 0.3) is 0 Å². The van der Waals surface area contributed by atoms with Crippen LogP contribution in [-0.4, -0.2) is 25.2 Å². The molecule has 4 heteroatoms. The summed E-state index contributed by atoms with van der Waals surface area (Å²) in [6.45, 7) is 9.96. The zero-order valence-electron chi connectivity index (χ0n) is 12.9. The first-order chi connectivity index (χ1) is 9.41. The molecular formula is C16H25NO3. The van der Waals surface area contributed by atoms with Crippen LogP contribution in [-0.2, 0) is 11.2 Å². The molecule has 1 aliphatic heterocycles. The van der Waals surface area contributed by atoms with Crippen molar-refractivity contribution < 1.29 is 13.9 Å². The Morgan fingerprint density at radius 2 is 2.15 bits per heavy atom. The molecular weight excluding hydrogens is 254 g/mol. The van der Waals surface area contributed by atoms with E-state index in [0.29, 0.717) is 18.2 Å². The van der Waals surface area contributed by atoms with Crippen molar-refractivity contribution in [3.8, 4) is 0 Å². The Morgan fingerprint density at radius 1 is 1.40 bits per heavy atom. The van der Waals surface area contributed by atoms with Crippen LogP contribution in [0, 0.1) is 11.3 Å². The third kappa shape index (κ3) is 3.42. The molecule has 2 heterocycles. The minimum Gasteiger partial charge on any atom is -0.456 e. The number of aryl methyl sites for hydroxylation is 1. The van der Waals surface area contributed by atoms with E-state index in [1.165, 1.54) is 0 Å². The summed E-state index contributed by atoms with van der Waals surface area (Å²) in [5.74, 6) is 1.48. The molecule has 20 heavy (non-hydrogen) atoms. The third-order valence-electron chi connectivity index (χ3n) is 3.83. The standard InChI is InChI=1S/C16H25NO3/c1-5-12-6-7-13(20-12)15(18)17-10-11-8-9-19-14(11)16(2,3)4/h6-7,11,14H,5,8-10H2,1-4H3,(H,17,18)/t11-,14+/m1/s1. The Hall–Kier alpha value is -1.29. The monoisotopic (exact) mass is 279 g/mol. The van der Waals surface area contributed by atoms with Crippen LogP contribution in [0.15, 0.2) is 16.5 Å². The van der Waals surface area contributed by atoms with Gasteiger partial charge in [-0.25, -0.2) is 0 Å². The van der Waals surface area contributed by atoms with E-state index in [1.54, 1.807) is 6.07 Å². The lowest BCUT2D eigenvalue weighted by atomic mass is 9.81. The van der Waals surface area contributed by atoms with Crippen LogP contribution in [0.4, 0.5) is 0 Å². The van der Waals surface area contributed by atoms with Crippen molar-refractivity contribution in [1.82, 2.24) is 5.32 Å². The van der Waals surface area contributed by atoms with E-state index < -0.39 is 0 Å². The van der Waals surface area contributed by atoms with Crippen LogP contribution < -0.4 is 5.32 Å². The number of carbonyl (C=O) groups excluding carboxylic acids is 1. The highest BCUT2D eigenvalue weighted by Crippen LogP contribution is 2.34. The highest BCUT2D eigenvalue weighted by Gasteiger charge is 2.37. The van der Waals surface area contributed by atoms with Gasteiger partial charge in [0.1, 0.15) is 5.76 Å². The van der Waals surface area contributed by atoms with Gasteiger partial charge in [-0.05, 0) is 24.0 Å². The predicted molar refractivity (Wildman–Crippen MR) is 77.7 cm³/mol. The quantitative estimate of drug-likeness (QED) is 0.921. The number of furan rings is 1. The molecule has 112 valence electrons. The molecule has 1 aromatic rings. The molecule has 0 spiro atoms. The number of carbonyl (C=O) groups is 1. The summed E-state index contributed by atoms with van der Waals surface area (Å²) in [6.07, 6.45) is 2.00. The van der Waals surface area contributed by atoms with E-state index in [1.807, 2.05) is 13.0 Å². The molecule has 1 aromatic heterocycles. The van der Waals surface area contributed by atoms with Crippen LogP contribution in [0.2, 0.25) is 0 Å². The molecule has 1 saturated heterocycles. The lowest BCUT2D eigenvalue weighted by Crippen LogP contribution is -2.38. The van der Waals surface area contributed by atoms with Crippen molar-refractivity contribution in [2.24, 2.45) is 11.3 Å². The molecule has 1 aliphatic rings. The van der Waals surface area contributed by atoms with E-state index in [9.17, 15) is 4.79 Å². The van der Waals surface area contributed by atoms with E-state index in [-0.39, 0.29) is 17.4 Å². The molecule has 1 fully saturated rings. The molecule has 0 bridgehead atoms. The number of ether oxygens (including phenoxy) is 1. The van der Waals surface area contributed by atoms with Crippen molar-refractivity contribution in [2.45, 2.75) is 46.6 Å². The highest BCUT2D eigenvalue weighted by molar-refractivity contribution is 5.91. The summed E-state index contributed by atoms with van der Waals surface area (Å²) in [6, 6.07) is 3.59. The lowest BCUT2D eigenvalue weighted by Gasteiger charge is -2.31. The first-order valence-electron chi connectivity index (χ1n) is 7.40. The van der Waals surface area contributed by atoms with Crippen LogP contribution in [0.3, 0.4) is 0 Å². The van der Waals surface area contributed by atoms with E-state index >= 15 is 0 Å². The van der Waals surface area contributed by atoms with Gasteiger partial charge in [0.05, 0.1) is 6.10 Å². The average Bonchev–Trinajstić information content (AvgIpc) is 3.03. The minimum atomic E-state index is -0.135. The normalized spacial score (nSPS) is 23.0. The SMILES string of the molecule is CCc1ccc(C(=O)NC[C@H]2CCO[C@@H]2C(C)(C)C)o1. The summed E-state index contributed by atoms with van der Waals surface area (Å²) >= 11 is 0. The maximum absolute atomic E-state index is 12.0. The van der Waals surface area contributed by atoms with Crippen LogP contribution in [0.5, 0.6) is 0 Å². The van der Waals surface area contributed by atoms with Gasteiger partial charge in [-0.2, -0.15) is 0 Å². The number of hydrogen-bond acceptors (Lipinski definition) is 3. The second-order valence-corrected chi connectivity index (χ2v) is 6.54. The minimum absolute atomic E-state index is 0.103. The first kappa shape index (κ1) is 15.1. The molecule has 0 aliphatic carbocycles. The fraction of sp³-hybridized carbons (Fsp3) is 0.688. The van der Waals surface area contributed by atoms with Gasteiger partial charge in [0.15, 0.2) is 5.76 Å². The fourth-order valence-electron chi connectivity index (χ4n) is 2.80. The molecule has 0 saturated carbocycles. The predicted octanol–water partition coefficient (Wildman–Crippen LogP) is 3.02. The summed E-state index contributed by atoms with van der Waals surface area (Å²) in [5, 5.41) is 2.97. The second kappa shape index (κ2) is 6.00. The largest absolute Gasteiger partial charge is 0.456 e. The van der Waals surface area contributed by atoms with E-state index in [4.69, 9.17) is 9.15 Å². The maximum atomic E-state index is 12.0. The first-order valence-corrected chi connectivity index (χ1v) is 7.40. The summed E-state index contributed by atoms with van der Waals surface area (Å²) in [7, 11) is 0. The smallest absolute Gasteiger partial charge is 0.287 e. The average molecular weight is 279 g/mol. The van der Waals surface area contributed by atoms with Crippen molar-refractivity contribution >= 4 is 5.91 Å². The van der Waals surface area contributed by atoms with Gasteiger partial charge in [0.2, 0.25) is 0 Å². The van der Waals surface area contributed by atoms with Gasteiger partial charge in [0, 0.05) is 25.5 Å². The topological polar surface area (TPSA) is 51.5 Å². The molecule has 1 N–H and O–H groups in total. The summed E-state index contributed by atoms with van der Waals surface area (Å²) in [5.41, 5.74) is 0.103. The molecule has 4 nitrogen and oxygen atoms in total. The van der Waals surface area contributed by atoms with Crippen molar-refractivity contribution in [2.75, 3.05) is 13.2 Å². The number of nitrogens with one attached hydrogen (secondary N) is 1. The molecule has 2 rings (SSSR count). The second-order valence-electron chi connectivity index (χ2n) is 6.54. The van der Waals surface area contributed by atoms with Gasteiger partial charge in [-0.3, -0.25) is 4.79 Å². The van der Waals surface area contributed by atoms with Crippen molar-refractivity contribution in [3.63, 3.8) is 0 Å². The van der Waals surface area contributed by atoms with E-state index in [2.05, 4.69) is 26.1 Å². The number of hydrogen-bond donors (Lipinski definition) is 1. The fourth-order valence-corrected chi connectivity index (χ4v) is 2.80. The maximum Gasteiger partial charge on any atom is 0.287 e. The molecule has 1 amide bonds. The molecule has 0 unspecified atom stereocenters. The Morgan fingerprint density at radius 3 is 2.75 bits per heavy atom. The van der Waals surface area contributed by atoms with Crippen molar-refractivity contribution in [3.05, 3.63) is 23.7 Å². The zero-order chi connectivity index (χ0) is 14.8. The van der Waals surface area contributed by atoms with Gasteiger partial charge in [0.25, 0.3) is 5.91 Å². The highest BCUT2D eigenvalue weighted by atomic mass is 16.5. The van der Waals surface area contributed by atoms with Crippen LogP contribution >= 0.6 is 0 Å². The number of rotatable bonds is 4. The summed E-state index contributed by atoms with van der Waals surface area (Å²) < 4.78 is 11.3. The zero-order valence-corrected chi connectivity index (χ0v) is 12.9. The van der Waals surface area contributed by atoms with Gasteiger partial charge in [-0.1, -0.05) is 27.7 Å². The Kier molecular flexibility index (Phi) is 4.53. The van der Waals surface area contributed by atoms with Gasteiger partial charge < -0.3 is 14.5 Å². The molecule has 0 radical (unpaired) electrons. The Labute approximate surface area is 120 Å².